The number of nitrogens with one attached hydrogen (secondary N) is 2. The van der Waals surface area contributed by atoms with Crippen molar-refractivity contribution in [3.63, 3.8) is 0 Å². The van der Waals surface area contributed by atoms with Crippen LogP contribution in [-0.4, -0.2) is 43.1 Å². The Hall–Kier alpha value is -1.97. The highest BCUT2D eigenvalue weighted by atomic mass is 32.1. The molecule has 3 heterocycles. The lowest BCUT2D eigenvalue weighted by atomic mass is 10.2. The maximum Gasteiger partial charge on any atom is 0.281 e. The molecule has 0 radical (unpaired) electrons. The van der Waals surface area contributed by atoms with Crippen LogP contribution in [0.1, 0.15) is 26.7 Å². The number of hydrogen-bond donors (Lipinski definition) is 2. The number of hydrazine groups is 1. The van der Waals surface area contributed by atoms with Crippen molar-refractivity contribution in [1.29, 1.82) is 0 Å². The second-order valence-corrected chi connectivity index (χ2v) is 7.60. The van der Waals surface area contributed by atoms with Crippen molar-refractivity contribution in [2.24, 2.45) is 0 Å². The maximum absolute atomic E-state index is 12.3. The van der Waals surface area contributed by atoms with Crippen LogP contribution in [0.2, 0.25) is 0 Å². The second kappa shape index (κ2) is 8.41. The second-order valence-electron chi connectivity index (χ2n) is 5.59. The summed E-state index contributed by atoms with van der Waals surface area (Å²) in [5, 5.41) is 2.79. The predicted molar refractivity (Wildman–Crippen MR) is 98.1 cm³/mol. The van der Waals surface area contributed by atoms with E-state index in [1.807, 2.05) is 17.5 Å². The Bertz CT molecular complexity index is 724. The first-order valence-corrected chi connectivity index (χ1v) is 9.75. The molecule has 1 aliphatic rings. The van der Waals surface area contributed by atoms with Crippen LogP contribution in [0.5, 0.6) is 0 Å². The average Bonchev–Trinajstić information content (AvgIpc) is 3.28. The Kier molecular flexibility index (Phi) is 6.00. The van der Waals surface area contributed by atoms with Crippen molar-refractivity contribution in [3.05, 3.63) is 33.0 Å². The summed E-state index contributed by atoms with van der Waals surface area (Å²) in [4.78, 5) is 32.4. The molecule has 0 aromatic carbocycles. The lowest BCUT2D eigenvalue weighted by Gasteiger charge is -2.25. The van der Waals surface area contributed by atoms with E-state index in [1.165, 1.54) is 11.3 Å². The van der Waals surface area contributed by atoms with Gasteiger partial charge in [0.2, 0.25) is 5.91 Å². The first kappa shape index (κ1) is 17.8. The van der Waals surface area contributed by atoms with Gasteiger partial charge in [0.1, 0.15) is 4.88 Å². The van der Waals surface area contributed by atoms with E-state index in [9.17, 15) is 9.59 Å². The van der Waals surface area contributed by atoms with Crippen molar-refractivity contribution < 1.29 is 14.3 Å². The van der Waals surface area contributed by atoms with Crippen LogP contribution in [0.25, 0.3) is 0 Å². The molecule has 0 atom stereocenters. The molecule has 9 heteroatoms. The molecule has 7 nitrogen and oxygen atoms in total. The molecule has 0 spiro atoms. The number of carbonyl (C=O) groups is 2. The molecule has 0 aliphatic carbocycles. The van der Waals surface area contributed by atoms with Crippen LogP contribution >= 0.6 is 22.7 Å². The highest BCUT2D eigenvalue weighted by molar-refractivity contribution is 7.17. The summed E-state index contributed by atoms with van der Waals surface area (Å²) in [5.41, 5.74) is 5.61. The van der Waals surface area contributed by atoms with Crippen molar-refractivity contribution in [3.8, 4) is 0 Å². The lowest BCUT2D eigenvalue weighted by Crippen LogP contribution is -2.41. The Labute approximate surface area is 154 Å². The highest BCUT2D eigenvalue weighted by Crippen LogP contribution is 2.26. The minimum atomic E-state index is -0.334. The van der Waals surface area contributed by atoms with Gasteiger partial charge < -0.3 is 9.64 Å². The fraction of sp³-hybridized carbons (Fsp3) is 0.438. The maximum atomic E-state index is 12.3. The monoisotopic (exact) mass is 380 g/mol. The molecule has 2 aromatic heterocycles. The van der Waals surface area contributed by atoms with Gasteiger partial charge >= 0.3 is 0 Å². The molecule has 1 fully saturated rings. The molecule has 1 saturated heterocycles. The van der Waals surface area contributed by atoms with E-state index in [0.717, 1.165) is 23.1 Å². The van der Waals surface area contributed by atoms with Crippen LogP contribution in [0, 0.1) is 6.92 Å². The first-order valence-electron chi connectivity index (χ1n) is 8.05. The quantitative estimate of drug-likeness (QED) is 0.772. The summed E-state index contributed by atoms with van der Waals surface area (Å²) < 4.78 is 5.33. The zero-order chi connectivity index (χ0) is 17.6. The van der Waals surface area contributed by atoms with E-state index in [2.05, 4.69) is 20.7 Å². The van der Waals surface area contributed by atoms with E-state index in [0.29, 0.717) is 36.6 Å². The van der Waals surface area contributed by atoms with Gasteiger partial charge in [-0.15, -0.1) is 11.3 Å². The van der Waals surface area contributed by atoms with Crippen molar-refractivity contribution in [1.82, 2.24) is 15.8 Å². The topological polar surface area (TPSA) is 83.6 Å². The number of nitrogens with zero attached hydrogens (tertiary/aromatic N) is 2. The summed E-state index contributed by atoms with van der Waals surface area (Å²) in [6.07, 6.45) is 1.00. The normalized spacial score (nSPS) is 14.4. The number of rotatable bonds is 5. The molecule has 0 saturated carbocycles. The third-order valence-corrected chi connectivity index (χ3v) is 5.92. The summed E-state index contributed by atoms with van der Waals surface area (Å²) in [6, 6.07) is 3.95. The van der Waals surface area contributed by atoms with Crippen molar-refractivity contribution >= 4 is 39.6 Å². The molecule has 25 heavy (non-hydrogen) atoms. The number of ether oxygens (including phenoxy) is 1. The number of amides is 2. The van der Waals surface area contributed by atoms with E-state index >= 15 is 0 Å². The van der Waals surface area contributed by atoms with Gasteiger partial charge in [-0.3, -0.25) is 20.4 Å². The smallest absolute Gasteiger partial charge is 0.281 e. The number of aromatic nitrogens is 1. The molecular weight excluding hydrogens is 360 g/mol. The number of hydrogen-bond acceptors (Lipinski definition) is 7. The fourth-order valence-electron chi connectivity index (χ4n) is 2.42. The number of carbonyl (C=O) groups excluding carboxylic acids is 2. The summed E-state index contributed by atoms with van der Waals surface area (Å²) in [6.45, 7) is 4.68. The van der Waals surface area contributed by atoms with Gasteiger partial charge in [-0.2, -0.15) is 0 Å². The molecular formula is C16H20N4O3S2. The minimum absolute atomic E-state index is 0.211. The van der Waals surface area contributed by atoms with Gasteiger partial charge in [-0.25, -0.2) is 4.98 Å². The molecule has 3 rings (SSSR count). The SMILES string of the molecule is Cc1nc(N2CCOCC2)sc1C(=O)NNC(=O)CCc1cccs1. The third kappa shape index (κ3) is 4.77. The van der Waals surface area contributed by atoms with Gasteiger partial charge in [-0.05, 0) is 24.8 Å². The largest absolute Gasteiger partial charge is 0.378 e. The molecule has 2 amide bonds. The average molecular weight is 380 g/mol. The van der Waals surface area contributed by atoms with Crippen LogP contribution < -0.4 is 15.8 Å². The molecule has 0 unspecified atom stereocenters. The Morgan fingerprint density at radius 3 is 2.84 bits per heavy atom. The van der Waals surface area contributed by atoms with Gasteiger partial charge in [0.15, 0.2) is 5.13 Å². The van der Waals surface area contributed by atoms with E-state index in [-0.39, 0.29) is 11.8 Å². The van der Waals surface area contributed by atoms with E-state index in [1.54, 1.807) is 18.3 Å². The van der Waals surface area contributed by atoms with Crippen molar-refractivity contribution in [2.75, 3.05) is 31.2 Å². The molecule has 1 aliphatic heterocycles. The summed E-state index contributed by atoms with van der Waals surface area (Å²) in [7, 11) is 0. The molecule has 0 bridgehead atoms. The summed E-state index contributed by atoms with van der Waals surface area (Å²) in [5.74, 6) is -0.545. The first-order chi connectivity index (χ1) is 12.1. The standard InChI is InChI=1S/C16H20N4O3S2/c1-11-14(25-16(17-11)20-6-8-23-9-7-20)15(22)19-18-13(21)5-4-12-3-2-10-24-12/h2-3,10H,4-9H2,1H3,(H,18,21)(H,19,22). The molecule has 2 aromatic rings. The van der Waals surface area contributed by atoms with Gasteiger partial charge in [0.05, 0.1) is 18.9 Å². The van der Waals surface area contributed by atoms with Gasteiger partial charge in [0, 0.05) is 24.4 Å². The molecule has 134 valence electrons. The molecule has 2 N–H and O–H groups in total. The highest BCUT2D eigenvalue weighted by Gasteiger charge is 2.20. The number of thiophene rings is 1. The number of anilines is 1. The van der Waals surface area contributed by atoms with Crippen LogP contribution in [-0.2, 0) is 16.0 Å². The zero-order valence-corrected chi connectivity index (χ0v) is 15.5. The fourth-order valence-corrected chi connectivity index (χ4v) is 4.14. The Morgan fingerprint density at radius 2 is 2.12 bits per heavy atom. The lowest BCUT2D eigenvalue weighted by molar-refractivity contribution is -0.121. The summed E-state index contributed by atoms with van der Waals surface area (Å²) >= 11 is 2.95. The number of aryl methyl sites for hydroxylation is 2. The van der Waals surface area contributed by atoms with Crippen LogP contribution in [0.4, 0.5) is 5.13 Å². The Morgan fingerprint density at radius 1 is 1.32 bits per heavy atom. The van der Waals surface area contributed by atoms with Crippen LogP contribution in [0.3, 0.4) is 0 Å². The number of thiazole rings is 1. The predicted octanol–water partition coefficient (Wildman–Crippen LogP) is 1.74. The van der Waals surface area contributed by atoms with E-state index < -0.39 is 0 Å². The van der Waals surface area contributed by atoms with Gasteiger partial charge in [0.25, 0.3) is 5.91 Å². The minimum Gasteiger partial charge on any atom is -0.378 e. The van der Waals surface area contributed by atoms with Crippen molar-refractivity contribution in [2.45, 2.75) is 19.8 Å². The third-order valence-electron chi connectivity index (χ3n) is 3.77. The Balaban J connectivity index is 1.50. The van der Waals surface area contributed by atoms with Crippen LogP contribution in [0.15, 0.2) is 17.5 Å². The van der Waals surface area contributed by atoms with Gasteiger partial charge in [-0.1, -0.05) is 17.4 Å². The zero-order valence-electron chi connectivity index (χ0n) is 13.9. The number of morpholine rings is 1. The van der Waals surface area contributed by atoms with E-state index in [4.69, 9.17) is 4.74 Å².